The average Bonchev–Trinajstić information content (AvgIpc) is 3.39. The molecule has 2 saturated heterocycles. The maximum absolute atomic E-state index is 12.8. The predicted octanol–water partition coefficient (Wildman–Crippen LogP) is 3.04. The lowest BCUT2D eigenvalue weighted by Crippen LogP contribution is -2.47. The largest absolute Gasteiger partial charge is 0.342 e. The van der Waals surface area contributed by atoms with Crippen molar-refractivity contribution in [2.75, 3.05) is 31.5 Å². The highest BCUT2D eigenvalue weighted by atomic mass is 32.1. The van der Waals surface area contributed by atoms with Crippen LogP contribution in [-0.2, 0) is 4.79 Å². The van der Waals surface area contributed by atoms with E-state index in [2.05, 4.69) is 27.4 Å². The molecule has 8 nitrogen and oxygen atoms in total. The van der Waals surface area contributed by atoms with Crippen molar-refractivity contribution < 1.29 is 9.59 Å². The Morgan fingerprint density at radius 3 is 2.75 bits per heavy atom. The van der Waals surface area contributed by atoms with Crippen molar-refractivity contribution in [2.24, 2.45) is 11.8 Å². The number of carbonyl (C=O) groups excluding carboxylic acids is 2. The van der Waals surface area contributed by atoms with Gasteiger partial charge in [0.2, 0.25) is 5.91 Å². The Hall–Kier alpha value is -2.42. The number of rotatable bonds is 3. The summed E-state index contributed by atoms with van der Waals surface area (Å²) in [6, 6.07) is -0.156. The van der Waals surface area contributed by atoms with E-state index in [1.54, 1.807) is 17.3 Å². The number of aromatic amines is 1. The van der Waals surface area contributed by atoms with Crippen molar-refractivity contribution in [3.05, 3.63) is 17.8 Å². The Balaban J connectivity index is 1.31. The van der Waals surface area contributed by atoms with Crippen molar-refractivity contribution in [1.29, 1.82) is 0 Å². The molecule has 150 valence electrons. The minimum absolute atomic E-state index is 0.0363. The molecule has 3 amide bonds. The number of hydrogen-bond acceptors (Lipinski definition) is 5. The molecular weight excluding hydrogens is 376 g/mol. The van der Waals surface area contributed by atoms with Gasteiger partial charge in [-0.25, -0.2) is 9.78 Å². The van der Waals surface area contributed by atoms with E-state index in [1.807, 2.05) is 10.3 Å². The van der Waals surface area contributed by atoms with Crippen LogP contribution in [0.15, 0.2) is 17.8 Å². The second-order valence-electron chi connectivity index (χ2n) is 7.72. The third-order valence-corrected chi connectivity index (χ3v) is 6.42. The van der Waals surface area contributed by atoms with Gasteiger partial charge < -0.3 is 15.1 Å². The number of aromatic nitrogens is 3. The molecule has 2 aliphatic rings. The SMILES string of the molecule is CC1CCCN(C(=O)C2CCN(C(=O)Nc3cn[nH]c3-c3nccs3)CC2)C1. The molecule has 28 heavy (non-hydrogen) atoms. The maximum atomic E-state index is 12.8. The molecule has 0 radical (unpaired) electrons. The van der Waals surface area contributed by atoms with Gasteiger partial charge in [0.05, 0.1) is 11.9 Å². The van der Waals surface area contributed by atoms with E-state index in [0.717, 1.165) is 37.4 Å². The van der Waals surface area contributed by atoms with Crippen LogP contribution in [0.4, 0.5) is 10.5 Å². The highest BCUT2D eigenvalue weighted by Crippen LogP contribution is 2.28. The standard InChI is InChI=1S/C19H26N6O2S/c1-13-3-2-7-25(12-13)18(26)14-4-8-24(9-5-14)19(27)22-15-11-21-23-16(15)17-20-6-10-28-17/h6,10-11,13-14H,2-5,7-9,12H2,1H3,(H,21,23)(H,22,27). The molecule has 0 aliphatic carbocycles. The van der Waals surface area contributed by atoms with Crippen LogP contribution in [0.25, 0.3) is 10.7 Å². The van der Waals surface area contributed by atoms with Gasteiger partial charge in [0.15, 0.2) is 0 Å². The molecule has 4 heterocycles. The minimum Gasteiger partial charge on any atom is -0.342 e. The van der Waals surface area contributed by atoms with E-state index < -0.39 is 0 Å². The Kier molecular flexibility index (Phi) is 5.61. The van der Waals surface area contributed by atoms with Gasteiger partial charge in [0, 0.05) is 43.7 Å². The zero-order valence-electron chi connectivity index (χ0n) is 16.1. The molecule has 0 aromatic carbocycles. The van der Waals surface area contributed by atoms with Gasteiger partial charge in [0.1, 0.15) is 10.7 Å². The molecule has 0 spiro atoms. The van der Waals surface area contributed by atoms with E-state index in [4.69, 9.17) is 0 Å². The molecular formula is C19H26N6O2S. The summed E-state index contributed by atoms with van der Waals surface area (Å²) in [5.74, 6) is 0.896. The van der Waals surface area contributed by atoms with E-state index in [0.29, 0.717) is 30.4 Å². The summed E-state index contributed by atoms with van der Waals surface area (Å²) in [4.78, 5) is 33.5. The summed E-state index contributed by atoms with van der Waals surface area (Å²) in [7, 11) is 0. The maximum Gasteiger partial charge on any atom is 0.321 e. The van der Waals surface area contributed by atoms with Crippen LogP contribution >= 0.6 is 11.3 Å². The number of piperidine rings is 2. The fourth-order valence-corrected chi connectivity index (χ4v) is 4.71. The third-order valence-electron chi connectivity index (χ3n) is 5.63. The quantitative estimate of drug-likeness (QED) is 0.825. The number of hydrogen-bond donors (Lipinski definition) is 2. The lowest BCUT2D eigenvalue weighted by Gasteiger charge is -2.37. The predicted molar refractivity (Wildman–Crippen MR) is 108 cm³/mol. The summed E-state index contributed by atoms with van der Waals surface area (Å²) in [5, 5.41) is 12.5. The first kappa shape index (κ1) is 18.9. The van der Waals surface area contributed by atoms with E-state index >= 15 is 0 Å². The molecule has 0 bridgehead atoms. The molecule has 2 aromatic heterocycles. The normalized spacial score (nSPS) is 21.0. The van der Waals surface area contributed by atoms with Crippen LogP contribution < -0.4 is 5.32 Å². The molecule has 2 N–H and O–H groups in total. The summed E-state index contributed by atoms with van der Waals surface area (Å²) in [5.41, 5.74) is 1.34. The Labute approximate surface area is 168 Å². The average molecular weight is 403 g/mol. The Bertz CT molecular complexity index is 812. The second kappa shape index (κ2) is 8.30. The number of H-pyrrole nitrogens is 1. The van der Waals surface area contributed by atoms with Crippen LogP contribution in [0.5, 0.6) is 0 Å². The van der Waals surface area contributed by atoms with E-state index in [9.17, 15) is 9.59 Å². The van der Waals surface area contributed by atoms with Crippen molar-refractivity contribution in [3.8, 4) is 10.7 Å². The summed E-state index contributed by atoms with van der Waals surface area (Å²) in [6.45, 7) is 5.15. The minimum atomic E-state index is -0.156. The topological polar surface area (TPSA) is 94.2 Å². The summed E-state index contributed by atoms with van der Waals surface area (Å²) in [6.07, 6.45) is 7.07. The first-order valence-corrected chi connectivity index (χ1v) is 10.8. The molecule has 1 unspecified atom stereocenters. The molecule has 2 aromatic rings. The van der Waals surface area contributed by atoms with Crippen LogP contribution in [-0.4, -0.2) is 63.1 Å². The van der Waals surface area contributed by atoms with Crippen molar-refractivity contribution in [3.63, 3.8) is 0 Å². The molecule has 2 fully saturated rings. The second-order valence-corrected chi connectivity index (χ2v) is 8.61. The smallest absolute Gasteiger partial charge is 0.321 e. The fraction of sp³-hybridized carbons (Fsp3) is 0.579. The fourth-order valence-electron chi connectivity index (χ4n) is 4.06. The van der Waals surface area contributed by atoms with Crippen LogP contribution in [0.2, 0.25) is 0 Å². The highest BCUT2D eigenvalue weighted by molar-refractivity contribution is 7.13. The first-order valence-electron chi connectivity index (χ1n) is 9.89. The van der Waals surface area contributed by atoms with Crippen molar-refractivity contribution in [2.45, 2.75) is 32.6 Å². The Morgan fingerprint density at radius 1 is 1.21 bits per heavy atom. The van der Waals surface area contributed by atoms with Gasteiger partial charge in [-0.3, -0.25) is 9.89 Å². The van der Waals surface area contributed by atoms with Crippen molar-refractivity contribution >= 4 is 29.0 Å². The zero-order valence-corrected chi connectivity index (χ0v) is 16.9. The zero-order chi connectivity index (χ0) is 19.5. The third kappa shape index (κ3) is 4.04. The van der Waals surface area contributed by atoms with Gasteiger partial charge in [-0.15, -0.1) is 11.3 Å². The number of nitrogens with one attached hydrogen (secondary N) is 2. The number of anilines is 1. The number of urea groups is 1. The molecule has 0 saturated carbocycles. The first-order chi connectivity index (χ1) is 13.6. The lowest BCUT2D eigenvalue weighted by molar-refractivity contribution is -0.138. The molecule has 2 aliphatic heterocycles. The van der Waals surface area contributed by atoms with Gasteiger partial charge >= 0.3 is 6.03 Å². The van der Waals surface area contributed by atoms with Crippen LogP contribution in [0.1, 0.15) is 32.6 Å². The Morgan fingerprint density at radius 2 is 2.04 bits per heavy atom. The van der Waals surface area contributed by atoms with Gasteiger partial charge in [-0.05, 0) is 31.6 Å². The van der Waals surface area contributed by atoms with Crippen molar-refractivity contribution in [1.82, 2.24) is 25.0 Å². The number of carbonyl (C=O) groups is 2. The van der Waals surface area contributed by atoms with Crippen LogP contribution in [0, 0.1) is 11.8 Å². The van der Waals surface area contributed by atoms with Gasteiger partial charge in [-0.2, -0.15) is 5.10 Å². The number of thiazole rings is 1. The lowest BCUT2D eigenvalue weighted by atomic mass is 9.93. The summed E-state index contributed by atoms with van der Waals surface area (Å²) < 4.78 is 0. The van der Waals surface area contributed by atoms with Gasteiger partial charge in [0.25, 0.3) is 0 Å². The van der Waals surface area contributed by atoms with E-state index in [1.165, 1.54) is 17.8 Å². The number of likely N-dealkylation sites (tertiary alicyclic amines) is 2. The van der Waals surface area contributed by atoms with Crippen LogP contribution in [0.3, 0.4) is 0 Å². The number of nitrogens with zero attached hydrogens (tertiary/aromatic N) is 4. The molecule has 1 atom stereocenters. The summed E-state index contributed by atoms with van der Waals surface area (Å²) >= 11 is 1.49. The van der Waals surface area contributed by atoms with Gasteiger partial charge in [-0.1, -0.05) is 6.92 Å². The van der Waals surface area contributed by atoms with E-state index in [-0.39, 0.29) is 17.9 Å². The number of amides is 3. The molecule has 9 heteroatoms. The monoisotopic (exact) mass is 402 g/mol. The molecule has 4 rings (SSSR count). The highest BCUT2D eigenvalue weighted by Gasteiger charge is 2.32.